The second-order valence-corrected chi connectivity index (χ2v) is 25.3. The van der Waals surface area contributed by atoms with Gasteiger partial charge in [0, 0.05) is 19.4 Å². The number of nitrogens with zero attached hydrogens (tertiary/aromatic N) is 9. The molecule has 2 saturated heterocycles. The first-order valence-corrected chi connectivity index (χ1v) is 32.8. The van der Waals surface area contributed by atoms with E-state index in [2.05, 4.69) is 27.1 Å². The normalized spacial score (nSPS) is 21.9. The maximum absolute atomic E-state index is 15.6. The molecule has 2 aliphatic rings. The average molecular weight is 1310 g/mol. The summed E-state index contributed by atoms with van der Waals surface area (Å²) in [6, 6.07) is 24.6. The fourth-order valence-corrected chi connectivity index (χ4v) is 13.4. The molecule has 3 aromatic carbocycles. The molecule has 9 atom stereocenters. The monoisotopic (exact) mass is 1310 g/mol. The van der Waals surface area contributed by atoms with Crippen LogP contribution in [-0.4, -0.2) is 111 Å². The lowest BCUT2D eigenvalue weighted by molar-refractivity contribution is -0.0487. The molecule has 0 aliphatic carbocycles. The fraction of sp³-hybridized carbons (Fsp3) is 0.484. The average Bonchev–Trinajstić information content (AvgIpc) is 1.62. The van der Waals surface area contributed by atoms with Crippen molar-refractivity contribution in [3.63, 3.8) is 0 Å². The summed E-state index contributed by atoms with van der Waals surface area (Å²) in [5, 5.41) is 85.1. The number of aliphatic hydroxyl groups is 4. The van der Waals surface area contributed by atoms with Crippen LogP contribution in [0.25, 0.3) is 11.0 Å². The molecule has 2 fully saturated rings. The van der Waals surface area contributed by atoms with Crippen molar-refractivity contribution in [1.29, 1.82) is 15.8 Å². The number of nitriles is 3. The molecule has 0 spiro atoms. The van der Waals surface area contributed by atoms with Crippen molar-refractivity contribution in [2.24, 2.45) is 0 Å². The predicted octanol–water partition coefficient (Wildman–Crippen LogP) is 10.9. The van der Waals surface area contributed by atoms with Gasteiger partial charge in [0.25, 0.3) is 0 Å². The van der Waals surface area contributed by atoms with Crippen molar-refractivity contribution in [2.75, 3.05) is 31.3 Å². The second kappa shape index (κ2) is 31.5. The van der Waals surface area contributed by atoms with E-state index in [1.165, 1.54) is 141 Å². The number of hydrogen-bond acceptors (Lipinski definition) is 21. The number of benzene rings is 3. The molecular formula is C64H75Cl2FN11O12P. The molecule has 2 aliphatic heterocycles. The Bertz CT molecular complexity index is 3610. The Morgan fingerprint density at radius 3 is 1.60 bits per heavy atom. The van der Waals surface area contributed by atoms with E-state index in [9.17, 15) is 40.6 Å². The van der Waals surface area contributed by atoms with E-state index in [-0.39, 0.29) is 74.5 Å². The molecule has 484 valence electrons. The molecule has 6 heterocycles. The molecule has 91 heavy (non-hydrogen) atoms. The molecular weight excluding hydrogens is 1240 g/mol. The van der Waals surface area contributed by atoms with Gasteiger partial charge in [-0.25, -0.2) is 28.0 Å². The lowest BCUT2D eigenvalue weighted by atomic mass is 9.89. The highest BCUT2D eigenvalue weighted by Gasteiger charge is 2.57. The molecule has 0 amide bonds. The lowest BCUT2D eigenvalue weighted by Crippen LogP contribution is -2.43. The van der Waals surface area contributed by atoms with Gasteiger partial charge in [-0.1, -0.05) is 144 Å². The van der Waals surface area contributed by atoms with Gasteiger partial charge >= 0.3 is 7.82 Å². The van der Waals surface area contributed by atoms with Crippen molar-refractivity contribution in [1.82, 2.24) is 29.2 Å². The molecule has 7 aromatic rings. The molecule has 23 nitrogen and oxygen atoms in total. The van der Waals surface area contributed by atoms with Gasteiger partial charge in [0.2, 0.25) is 0 Å². The number of hydrogen-bond donors (Lipinski definition) is 6. The third-order valence-corrected chi connectivity index (χ3v) is 18.6. The van der Waals surface area contributed by atoms with Crippen molar-refractivity contribution >= 4 is 53.7 Å². The van der Waals surface area contributed by atoms with Crippen molar-refractivity contribution < 1.29 is 61.9 Å². The van der Waals surface area contributed by atoms with E-state index in [1.54, 1.807) is 24.3 Å². The molecule has 4 aromatic heterocycles. The van der Waals surface area contributed by atoms with E-state index in [0.29, 0.717) is 23.2 Å². The number of anilines is 2. The minimum absolute atomic E-state index is 0.0577. The quantitative estimate of drug-likeness (QED) is 0.0161. The highest BCUT2D eigenvalue weighted by Crippen LogP contribution is 2.54. The number of aromatic nitrogens is 6. The van der Waals surface area contributed by atoms with E-state index in [0.717, 1.165) is 31.7 Å². The number of nitrogens with two attached hydrogens (primary N) is 2. The number of ether oxygens (including phenoxy) is 4. The van der Waals surface area contributed by atoms with Gasteiger partial charge in [-0.05, 0) is 77.7 Å². The third kappa shape index (κ3) is 16.2. The maximum atomic E-state index is 15.6. The van der Waals surface area contributed by atoms with E-state index < -0.39 is 87.0 Å². The summed E-state index contributed by atoms with van der Waals surface area (Å²) in [5.74, 6) is -1.03. The number of unbranched alkanes of at least 4 members (excludes halogenated alkanes) is 14. The summed E-state index contributed by atoms with van der Waals surface area (Å²) >= 11 is 14.2. The first-order chi connectivity index (χ1) is 44.0. The van der Waals surface area contributed by atoms with Crippen molar-refractivity contribution in [2.45, 2.75) is 177 Å². The largest absolute Gasteiger partial charge is 0.587 e. The van der Waals surface area contributed by atoms with Crippen LogP contribution in [0, 0.1) is 39.8 Å². The zero-order valence-corrected chi connectivity index (χ0v) is 52.8. The lowest BCUT2D eigenvalue weighted by Gasteiger charge is -2.27. The Morgan fingerprint density at radius 1 is 0.670 bits per heavy atom. The Kier molecular flexibility index (Phi) is 23.7. The molecule has 9 rings (SSSR count). The van der Waals surface area contributed by atoms with Gasteiger partial charge in [0.05, 0.1) is 52.9 Å². The second-order valence-electron chi connectivity index (χ2n) is 23.0. The van der Waals surface area contributed by atoms with Crippen LogP contribution in [0.4, 0.5) is 16.0 Å². The smallest absolute Gasteiger partial charge is 0.393 e. The van der Waals surface area contributed by atoms with Crippen LogP contribution < -0.4 is 20.5 Å². The number of phosphoric acid groups is 1. The number of halogens is 3. The van der Waals surface area contributed by atoms with Crippen LogP contribution >= 0.6 is 31.0 Å². The minimum Gasteiger partial charge on any atom is -0.393 e. The summed E-state index contributed by atoms with van der Waals surface area (Å²) in [7, 11) is -5.14. The Morgan fingerprint density at radius 2 is 1.14 bits per heavy atom. The highest BCUT2D eigenvalue weighted by molar-refractivity contribution is 7.49. The predicted molar refractivity (Wildman–Crippen MR) is 334 cm³/mol. The topological polar surface area (TPSA) is 346 Å². The van der Waals surface area contributed by atoms with Gasteiger partial charge in [-0.2, -0.15) is 26.0 Å². The van der Waals surface area contributed by atoms with Crippen LogP contribution in [0.15, 0.2) is 91.5 Å². The number of rotatable bonds is 34. The molecule has 0 bridgehead atoms. The molecule has 27 heteroatoms. The van der Waals surface area contributed by atoms with Crippen molar-refractivity contribution in [3.8, 4) is 29.7 Å². The molecule has 0 saturated carbocycles. The standard InChI is InChI=1S/C64H75Cl2FN11O12P/c1-2-3-4-5-6-7-8-9-10-11-12-13-14-15-16-27-84-35-46(85-34-42-28-41(33-68)29-45(67)30-42)36-86-91(83,89-51-21-17-19-43(53(51)65)31-63(37-69)59(81)55(79)57(87-63)47-23-25-49-61(71)73-39-75-77(47)49)90-52-22-18-20-44(54(52)66)32-64(38-70)60(82)56(80)58(88-64)48-24-26-50-62(72)74-40-76-78(48)50/h17-26,28-30,39-40,46,55-60,79-82H,2-16,27,31-32,34-36H2,1H3,(H2,71,73,75)(H2,72,74,76)/t46-,55+,56+,57+,58+,59+,60+,63-,64-/m1/s1. The summed E-state index contributed by atoms with van der Waals surface area (Å²) in [5.41, 5.74) is 9.74. The van der Waals surface area contributed by atoms with Gasteiger partial charge in [-0.3, -0.25) is 4.52 Å². The van der Waals surface area contributed by atoms with E-state index in [1.807, 2.05) is 18.2 Å². The van der Waals surface area contributed by atoms with Gasteiger partial charge in [-0.15, -0.1) is 0 Å². The molecule has 0 radical (unpaired) electrons. The summed E-state index contributed by atoms with van der Waals surface area (Å²) in [6.45, 7) is 1.63. The van der Waals surface area contributed by atoms with Gasteiger partial charge in [0.1, 0.15) is 84.4 Å². The Labute approximate surface area is 536 Å². The summed E-state index contributed by atoms with van der Waals surface area (Å²) in [6.07, 6.45) is 8.75. The number of nitrogen functional groups attached to an aromatic ring is 2. The summed E-state index contributed by atoms with van der Waals surface area (Å²) in [4.78, 5) is 7.99. The fourth-order valence-electron chi connectivity index (χ4n) is 11.5. The first kappa shape index (κ1) is 68.3. The SMILES string of the molecule is CCCCCCCCCCCCCCCCCOC[C@H](COP(=O)(Oc1cccc(C[C@]2(C#N)O[C@@H](c3ccc4c(N)ncnn34)[C@H](O)[C@@H]2O)c1Cl)Oc1cccc(C[C@]2(C#N)O[C@@H](c3ccc4c(N)ncnn34)[C@H](O)[C@@H]2O)c1Cl)OCc1cc(F)cc(C#N)c1. The summed E-state index contributed by atoms with van der Waals surface area (Å²) < 4.78 is 76.5. The molecule has 0 unspecified atom stereocenters. The van der Waals surface area contributed by atoms with Crippen LogP contribution in [0.1, 0.15) is 149 Å². The van der Waals surface area contributed by atoms with Crippen molar-refractivity contribution in [3.05, 3.63) is 141 Å². The van der Waals surface area contributed by atoms with Crippen LogP contribution in [0.5, 0.6) is 11.5 Å². The van der Waals surface area contributed by atoms with E-state index in [4.69, 9.17) is 67.2 Å². The Hall–Kier alpha value is -7.05. The van der Waals surface area contributed by atoms with Crippen LogP contribution in [0.2, 0.25) is 10.0 Å². The zero-order chi connectivity index (χ0) is 64.7. The minimum atomic E-state index is -5.14. The maximum Gasteiger partial charge on any atom is 0.587 e. The van der Waals surface area contributed by atoms with Crippen LogP contribution in [0.3, 0.4) is 0 Å². The number of aliphatic hydroxyl groups excluding tert-OH is 4. The first-order valence-electron chi connectivity index (χ1n) is 30.6. The highest BCUT2D eigenvalue weighted by atomic mass is 35.5. The number of phosphoric ester groups is 1. The molecule has 8 N–H and O–H groups in total. The number of fused-ring (bicyclic) bond motifs is 2. The third-order valence-electron chi connectivity index (χ3n) is 16.5. The zero-order valence-electron chi connectivity index (χ0n) is 50.4. The van der Waals surface area contributed by atoms with Gasteiger partial charge in [0.15, 0.2) is 34.3 Å². The van der Waals surface area contributed by atoms with E-state index >= 15 is 4.57 Å². The van der Waals surface area contributed by atoms with Crippen LogP contribution in [-0.2, 0) is 47.5 Å². The van der Waals surface area contributed by atoms with Gasteiger partial charge < -0.3 is 59.9 Å². The Balaban J connectivity index is 0.945.